The first-order valence-corrected chi connectivity index (χ1v) is 8.32. The molecule has 22 heavy (non-hydrogen) atoms. The molecule has 1 fully saturated rings. The maximum atomic E-state index is 9.62. The third kappa shape index (κ3) is 5.18. The molecule has 1 aliphatic rings. The van der Waals surface area contributed by atoms with Crippen LogP contribution in [0.2, 0.25) is 0 Å². The van der Waals surface area contributed by atoms with E-state index < -0.39 is 0 Å². The van der Waals surface area contributed by atoms with Crippen LogP contribution in [0.1, 0.15) is 51.0 Å². The van der Waals surface area contributed by atoms with E-state index in [0.717, 1.165) is 31.2 Å². The Balaban J connectivity index is 1.78. The predicted octanol–water partition coefficient (Wildman–Crippen LogP) is 4.05. The lowest BCUT2D eigenvalue weighted by Gasteiger charge is -2.30. The number of phenolic OH excluding ortho intramolecular Hbond substituents is 1. The van der Waals surface area contributed by atoms with Gasteiger partial charge in [-0.05, 0) is 43.4 Å². The minimum Gasteiger partial charge on any atom is -0.504 e. The highest BCUT2D eigenvalue weighted by molar-refractivity contribution is 5.41. The Hall–Kier alpha value is -1.26. The lowest BCUT2D eigenvalue weighted by atomic mass is 9.99. The monoisotopic (exact) mass is 308 g/mol. The predicted molar refractivity (Wildman–Crippen MR) is 86.4 cm³/mol. The molecule has 0 aliphatic carbocycles. The van der Waals surface area contributed by atoms with Crippen molar-refractivity contribution >= 4 is 0 Å². The fraction of sp³-hybridized carbons (Fsp3) is 0.667. The molecular formula is C18H28O4. The molecule has 0 spiro atoms. The van der Waals surface area contributed by atoms with Crippen molar-refractivity contribution in [3.63, 3.8) is 0 Å². The topological polar surface area (TPSA) is 47.9 Å². The molecule has 1 aromatic rings. The number of methoxy groups -OCH3 is 1. The van der Waals surface area contributed by atoms with Crippen molar-refractivity contribution in [1.82, 2.24) is 0 Å². The van der Waals surface area contributed by atoms with Crippen LogP contribution >= 0.6 is 0 Å². The number of aryl methyl sites for hydroxylation is 1. The number of hydrogen-bond acceptors (Lipinski definition) is 4. The summed E-state index contributed by atoms with van der Waals surface area (Å²) in [5.74, 6) is 0.715. The van der Waals surface area contributed by atoms with Crippen molar-refractivity contribution in [2.45, 2.75) is 64.1 Å². The average molecular weight is 308 g/mol. The summed E-state index contributed by atoms with van der Waals surface area (Å²) in [5, 5.41) is 9.62. The van der Waals surface area contributed by atoms with Crippen LogP contribution in [0.25, 0.3) is 0 Å². The third-order valence-electron chi connectivity index (χ3n) is 4.26. The molecule has 1 aliphatic heterocycles. The second-order valence-corrected chi connectivity index (χ2v) is 5.97. The zero-order valence-electron chi connectivity index (χ0n) is 13.7. The third-order valence-corrected chi connectivity index (χ3v) is 4.26. The molecular weight excluding hydrogens is 280 g/mol. The Morgan fingerprint density at radius 3 is 2.68 bits per heavy atom. The molecule has 0 radical (unpaired) electrons. The number of unbranched alkanes of at least 4 members (excludes halogenated alkanes) is 2. The summed E-state index contributed by atoms with van der Waals surface area (Å²) in [6.45, 7) is 2.64. The Morgan fingerprint density at radius 2 is 1.95 bits per heavy atom. The van der Waals surface area contributed by atoms with Gasteiger partial charge < -0.3 is 19.3 Å². The molecule has 1 N–H and O–H groups in total. The van der Waals surface area contributed by atoms with Gasteiger partial charge in [-0.3, -0.25) is 0 Å². The van der Waals surface area contributed by atoms with Crippen LogP contribution < -0.4 is 4.74 Å². The lowest BCUT2D eigenvalue weighted by molar-refractivity contribution is -0.178. The first-order chi connectivity index (χ1) is 10.7. The van der Waals surface area contributed by atoms with E-state index >= 15 is 0 Å². The number of phenols is 1. The van der Waals surface area contributed by atoms with E-state index in [2.05, 4.69) is 6.92 Å². The van der Waals surface area contributed by atoms with Gasteiger partial charge in [-0.1, -0.05) is 32.3 Å². The fourth-order valence-electron chi connectivity index (χ4n) is 2.89. The molecule has 4 heteroatoms. The van der Waals surface area contributed by atoms with E-state index in [1.54, 1.807) is 13.2 Å². The van der Waals surface area contributed by atoms with Gasteiger partial charge in [0.1, 0.15) is 6.79 Å². The summed E-state index contributed by atoms with van der Waals surface area (Å²) in [4.78, 5) is 0. The van der Waals surface area contributed by atoms with E-state index in [1.165, 1.54) is 19.3 Å². The Labute approximate surface area is 133 Å². The van der Waals surface area contributed by atoms with Crippen molar-refractivity contribution in [2.24, 2.45) is 0 Å². The van der Waals surface area contributed by atoms with Crippen molar-refractivity contribution < 1.29 is 19.3 Å². The molecule has 0 aromatic heterocycles. The number of benzene rings is 1. The minimum atomic E-state index is 0.185. The highest BCUT2D eigenvalue weighted by Gasteiger charge is 2.22. The molecule has 124 valence electrons. The zero-order chi connectivity index (χ0) is 15.8. The van der Waals surface area contributed by atoms with Gasteiger partial charge in [-0.15, -0.1) is 0 Å². The number of rotatable bonds is 8. The van der Waals surface area contributed by atoms with Gasteiger partial charge in [-0.25, -0.2) is 0 Å². The maximum absolute atomic E-state index is 9.62. The molecule has 2 rings (SSSR count). The molecule has 0 bridgehead atoms. The summed E-state index contributed by atoms with van der Waals surface area (Å²) in [6.07, 6.45) is 8.39. The highest BCUT2D eigenvalue weighted by Crippen LogP contribution is 2.28. The summed E-state index contributed by atoms with van der Waals surface area (Å²) >= 11 is 0. The molecule has 1 saturated heterocycles. The Kier molecular flexibility index (Phi) is 7.00. The average Bonchev–Trinajstić information content (AvgIpc) is 2.55. The number of ether oxygens (including phenoxy) is 3. The van der Waals surface area contributed by atoms with E-state index in [-0.39, 0.29) is 11.9 Å². The van der Waals surface area contributed by atoms with Crippen molar-refractivity contribution in [3.05, 3.63) is 23.8 Å². The second-order valence-electron chi connectivity index (χ2n) is 5.97. The van der Waals surface area contributed by atoms with Crippen LogP contribution in [0.4, 0.5) is 0 Å². The quantitative estimate of drug-likeness (QED) is 0.736. The molecule has 1 aromatic carbocycles. The standard InChI is InChI=1S/C18H28O4/c1-3-4-5-6-15-12-16(22-13-21-15)9-7-14-8-10-17(19)18(11-14)20-2/h8,10-11,15-16,19H,3-7,9,12-13H2,1-2H3. The molecule has 2 atom stereocenters. The SMILES string of the molecule is CCCCCC1CC(CCc2ccc(O)c(OC)c2)OCO1. The van der Waals surface area contributed by atoms with Gasteiger partial charge in [0.2, 0.25) is 0 Å². The van der Waals surface area contributed by atoms with E-state index in [4.69, 9.17) is 14.2 Å². The van der Waals surface area contributed by atoms with Crippen LogP contribution in [0.15, 0.2) is 18.2 Å². The summed E-state index contributed by atoms with van der Waals surface area (Å²) in [6, 6.07) is 5.52. The first-order valence-electron chi connectivity index (χ1n) is 8.32. The van der Waals surface area contributed by atoms with Gasteiger partial charge in [0, 0.05) is 0 Å². The van der Waals surface area contributed by atoms with E-state index in [9.17, 15) is 5.11 Å². The maximum Gasteiger partial charge on any atom is 0.160 e. The molecule has 2 unspecified atom stereocenters. The van der Waals surface area contributed by atoms with Crippen LogP contribution in [-0.2, 0) is 15.9 Å². The number of hydrogen-bond donors (Lipinski definition) is 1. The van der Waals surface area contributed by atoms with Gasteiger partial charge in [0.25, 0.3) is 0 Å². The Bertz CT molecular complexity index is 447. The van der Waals surface area contributed by atoms with Crippen LogP contribution in [0.3, 0.4) is 0 Å². The summed E-state index contributed by atoms with van der Waals surface area (Å²) in [5.41, 5.74) is 1.16. The largest absolute Gasteiger partial charge is 0.504 e. The second kappa shape index (κ2) is 9.01. The van der Waals surface area contributed by atoms with Gasteiger partial charge in [0.15, 0.2) is 11.5 Å². The fourth-order valence-corrected chi connectivity index (χ4v) is 2.89. The van der Waals surface area contributed by atoms with Crippen molar-refractivity contribution in [3.8, 4) is 11.5 Å². The summed E-state index contributed by atoms with van der Waals surface area (Å²) in [7, 11) is 1.57. The Morgan fingerprint density at radius 1 is 1.18 bits per heavy atom. The van der Waals surface area contributed by atoms with Gasteiger partial charge in [0.05, 0.1) is 19.3 Å². The molecule has 0 saturated carbocycles. The molecule has 1 heterocycles. The van der Waals surface area contributed by atoms with Gasteiger partial charge >= 0.3 is 0 Å². The van der Waals surface area contributed by atoms with Crippen LogP contribution in [-0.4, -0.2) is 31.2 Å². The highest BCUT2D eigenvalue weighted by atomic mass is 16.7. The first kappa shape index (κ1) is 17.1. The van der Waals surface area contributed by atoms with Crippen LogP contribution in [0, 0.1) is 0 Å². The minimum absolute atomic E-state index is 0.185. The molecule has 4 nitrogen and oxygen atoms in total. The smallest absolute Gasteiger partial charge is 0.160 e. The van der Waals surface area contributed by atoms with E-state index in [1.807, 2.05) is 12.1 Å². The van der Waals surface area contributed by atoms with Gasteiger partial charge in [-0.2, -0.15) is 0 Å². The summed E-state index contributed by atoms with van der Waals surface area (Å²) < 4.78 is 16.5. The molecule has 0 amide bonds. The number of aromatic hydroxyl groups is 1. The van der Waals surface area contributed by atoms with Crippen LogP contribution in [0.5, 0.6) is 11.5 Å². The van der Waals surface area contributed by atoms with Crippen molar-refractivity contribution in [1.29, 1.82) is 0 Å². The zero-order valence-corrected chi connectivity index (χ0v) is 13.7. The normalized spacial score (nSPS) is 21.7. The van der Waals surface area contributed by atoms with Crippen molar-refractivity contribution in [2.75, 3.05) is 13.9 Å². The lowest BCUT2D eigenvalue weighted by Crippen LogP contribution is -2.31. The van der Waals surface area contributed by atoms with E-state index in [0.29, 0.717) is 18.6 Å².